The van der Waals surface area contributed by atoms with E-state index in [1.807, 2.05) is 0 Å². The second kappa shape index (κ2) is 5.65. The summed E-state index contributed by atoms with van der Waals surface area (Å²) in [4.78, 5) is 5.09. The van der Waals surface area contributed by atoms with Gasteiger partial charge in [-0.1, -0.05) is 0 Å². The molecule has 2 N–H and O–H groups in total. The summed E-state index contributed by atoms with van der Waals surface area (Å²) in [5.41, 5.74) is 0. The van der Waals surface area contributed by atoms with E-state index in [0.29, 0.717) is 18.1 Å². The first kappa shape index (κ1) is 13.3. The van der Waals surface area contributed by atoms with Crippen LogP contribution in [0.4, 0.5) is 0 Å². The van der Waals surface area contributed by atoms with E-state index in [1.165, 1.54) is 12.8 Å². The maximum atomic E-state index is 9.15. The van der Waals surface area contributed by atoms with Gasteiger partial charge in [-0.2, -0.15) is 0 Å². The molecule has 4 heteroatoms. The standard InChI is InChI=1S/C13H26N2O2/c1-10(2)15-12-3-4-13(15)7-14(6-12)5-11(8-16)9-17/h10-13,16-17H,3-9H2,1-2H3. The van der Waals surface area contributed by atoms with Crippen molar-refractivity contribution in [1.29, 1.82) is 0 Å². The molecule has 4 nitrogen and oxygen atoms in total. The van der Waals surface area contributed by atoms with Crippen LogP contribution in [0.5, 0.6) is 0 Å². The van der Waals surface area contributed by atoms with E-state index in [-0.39, 0.29) is 19.1 Å². The molecule has 2 saturated heterocycles. The molecule has 17 heavy (non-hydrogen) atoms. The SMILES string of the molecule is CC(C)N1C2CCC1CN(CC(CO)CO)C2. The Labute approximate surface area is 104 Å². The highest BCUT2D eigenvalue weighted by molar-refractivity contribution is 4.97. The predicted octanol–water partition coefficient (Wildman–Crippen LogP) is 0.144. The summed E-state index contributed by atoms with van der Waals surface area (Å²) in [6.45, 7) is 7.80. The molecule has 0 amide bonds. The maximum Gasteiger partial charge on any atom is 0.0493 e. The Hall–Kier alpha value is -0.160. The molecule has 0 saturated carbocycles. The number of hydrogen-bond donors (Lipinski definition) is 2. The highest BCUT2D eigenvalue weighted by Gasteiger charge is 2.41. The first-order valence-corrected chi connectivity index (χ1v) is 6.87. The van der Waals surface area contributed by atoms with E-state index >= 15 is 0 Å². The van der Waals surface area contributed by atoms with Crippen LogP contribution in [0.1, 0.15) is 26.7 Å². The lowest BCUT2D eigenvalue weighted by atomic mass is 10.1. The Morgan fingerprint density at radius 2 is 1.59 bits per heavy atom. The molecular weight excluding hydrogens is 216 g/mol. The Morgan fingerprint density at radius 3 is 2.00 bits per heavy atom. The zero-order chi connectivity index (χ0) is 12.4. The summed E-state index contributed by atoms with van der Waals surface area (Å²) in [6.07, 6.45) is 2.62. The minimum absolute atomic E-state index is 0.0278. The third-order valence-electron chi connectivity index (χ3n) is 4.24. The summed E-state index contributed by atoms with van der Waals surface area (Å²) in [5, 5.41) is 18.3. The second-order valence-corrected chi connectivity index (χ2v) is 5.88. The normalized spacial score (nSPS) is 30.7. The molecule has 0 aromatic rings. The quantitative estimate of drug-likeness (QED) is 0.720. The summed E-state index contributed by atoms with van der Waals surface area (Å²) < 4.78 is 0. The molecule has 0 aromatic carbocycles. The van der Waals surface area contributed by atoms with Crippen molar-refractivity contribution in [1.82, 2.24) is 9.80 Å². The van der Waals surface area contributed by atoms with Crippen LogP contribution in [0.15, 0.2) is 0 Å². The number of rotatable bonds is 5. The highest BCUT2D eigenvalue weighted by atomic mass is 16.3. The van der Waals surface area contributed by atoms with Crippen molar-refractivity contribution in [2.45, 2.75) is 44.8 Å². The lowest BCUT2D eigenvalue weighted by Crippen LogP contribution is -2.56. The summed E-state index contributed by atoms with van der Waals surface area (Å²) in [7, 11) is 0. The van der Waals surface area contributed by atoms with E-state index in [1.54, 1.807) is 0 Å². The molecular formula is C13H26N2O2. The molecule has 0 radical (unpaired) electrons. The van der Waals surface area contributed by atoms with Gasteiger partial charge in [0, 0.05) is 56.9 Å². The van der Waals surface area contributed by atoms with Crippen LogP contribution < -0.4 is 0 Å². The van der Waals surface area contributed by atoms with Gasteiger partial charge in [-0.05, 0) is 26.7 Å². The van der Waals surface area contributed by atoms with Crippen LogP contribution in [0.3, 0.4) is 0 Å². The number of fused-ring (bicyclic) bond motifs is 2. The molecule has 0 aromatic heterocycles. The summed E-state index contributed by atoms with van der Waals surface area (Å²) in [6, 6.07) is 2.01. The van der Waals surface area contributed by atoms with Crippen LogP contribution in [0.25, 0.3) is 0 Å². The predicted molar refractivity (Wildman–Crippen MR) is 67.9 cm³/mol. The third-order valence-corrected chi connectivity index (χ3v) is 4.24. The molecule has 2 fully saturated rings. The number of hydrogen-bond acceptors (Lipinski definition) is 4. The third kappa shape index (κ3) is 2.81. The minimum Gasteiger partial charge on any atom is -0.396 e. The number of aliphatic hydroxyl groups excluding tert-OH is 2. The zero-order valence-electron chi connectivity index (χ0n) is 11.0. The van der Waals surface area contributed by atoms with Crippen LogP contribution >= 0.6 is 0 Å². The van der Waals surface area contributed by atoms with Gasteiger partial charge < -0.3 is 10.2 Å². The molecule has 0 aliphatic carbocycles. The van der Waals surface area contributed by atoms with Gasteiger partial charge in [0.05, 0.1) is 0 Å². The molecule has 2 unspecified atom stereocenters. The smallest absolute Gasteiger partial charge is 0.0493 e. The first-order valence-electron chi connectivity index (χ1n) is 6.87. The molecule has 2 aliphatic heterocycles. The number of aliphatic hydroxyl groups is 2. The second-order valence-electron chi connectivity index (χ2n) is 5.88. The van der Waals surface area contributed by atoms with E-state index in [9.17, 15) is 0 Å². The van der Waals surface area contributed by atoms with Gasteiger partial charge in [0.2, 0.25) is 0 Å². The number of piperazine rings is 1. The summed E-state index contributed by atoms with van der Waals surface area (Å²) in [5.74, 6) is 0.0278. The van der Waals surface area contributed by atoms with E-state index < -0.39 is 0 Å². The van der Waals surface area contributed by atoms with Crippen LogP contribution in [-0.4, -0.2) is 71.0 Å². The lowest BCUT2D eigenvalue weighted by Gasteiger charge is -2.44. The first-order chi connectivity index (χ1) is 8.15. The van der Waals surface area contributed by atoms with Crippen LogP contribution in [0.2, 0.25) is 0 Å². The van der Waals surface area contributed by atoms with Crippen LogP contribution in [-0.2, 0) is 0 Å². The number of nitrogens with zero attached hydrogens (tertiary/aromatic N) is 2. The van der Waals surface area contributed by atoms with Crippen molar-refractivity contribution >= 4 is 0 Å². The van der Waals surface area contributed by atoms with Gasteiger partial charge in [0.15, 0.2) is 0 Å². The Bertz CT molecular complexity index is 230. The Kier molecular flexibility index (Phi) is 4.42. The van der Waals surface area contributed by atoms with Crippen molar-refractivity contribution in [3.05, 3.63) is 0 Å². The molecule has 2 bridgehead atoms. The minimum atomic E-state index is 0.0278. The van der Waals surface area contributed by atoms with Crippen molar-refractivity contribution in [3.63, 3.8) is 0 Å². The Morgan fingerprint density at radius 1 is 1.06 bits per heavy atom. The zero-order valence-corrected chi connectivity index (χ0v) is 11.0. The molecule has 2 rings (SSSR count). The average molecular weight is 242 g/mol. The average Bonchev–Trinajstić information content (AvgIpc) is 2.58. The van der Waals surface area contributed by atoms with Crippen LogP contribution in [0, 0.1) is 5.92 Å². The fourth-order valence-corrected chi connectivity index (χ4v) is 3.55. The molecule has 100 valence electrons. The van der Waals surface area contributed by atoms with Gasteiger partial charge in [-0.15, -0.1) is 0 Å². The number of likely N-dealkylation sites (tertiary alicyclic amines) is 1. The van der Waals surface area contributed by atoms with Gasteiger partial charge in [0.25, 0.3) is 0 Å². The fourth-order valence-electron chi connectivity index (χ4n) is 3.55. The largest absolute Gasteiger partial charge is 0.396 e. The van der Waals surface area contributed by atoms with Crippen molar-refractivity contribution in [2.75, 3.05) is 32.8 Å². The van der Waals surface area contributed by atoms with E-state index in [0.717, 1.165) is 19.6 Å². The summed E-state index contributed by atoms with van der Waals surface area (Å²) >= 11 is 0. The Balaban J connectivity index is 1.91. The van der Waals surface area contributed by atoms with Crippen molar-refractivity contribution < 1.29 is 10.2 Å². The fraction of sp³-hybridized carbons (Fsp3) is 1.00. The van der Waals surface area contributed by atoms with Gasteiger partial charge in [0.1, 0.15) is 0 Å². The molecule has 0 spiro atoms. The van der Waals surface area contributed by atoms with Crippen molar-refractivity contribution in [3.8, 4) is 0 Å². The molecule has 2 atom stereocenters. The topological polar surface area (TPSA) is 46.9 Å². The van der Waals surface area contributed by atoms with E-state index in [4.69, 9.17) is 10.2 Å². The van der Waals surface area contributed by atoms with Gasteiger partial charge >= 0.3 is 0 Å². The molecule has 2 aliphatic rings. The highest BCUT2D eigenvalue weighted by Crippen LogP contribution is 2.32. The van der Waals surface area contributed by atoms with Crippen molar-refractivity contribution in [2.24, 2.45) is 5.92 Å². The lowest BCUT2D eigenvalue weighted by molar-refractivity contribution is 0.0227. The monoisotopic (exact) mass is 242 g/mol. The van der Waals surface area contributed by atoms with Gasteiger partial charge in [-0.25, -0.2) is 0 Å². The molecule has 2 heterocycles. The van der Waals surface area contributed by atoms with Gasteiger partial charge in [-0.3, -0.25) is 9.80 Å². The van der Waals surface area contributed by atoms with E-state index in [2.05, 4.69) is 23.6 Å². The maximum absolute atomic E-state index is 9.15.